The maximum atomic E-state index is 11.4. The van der Waals surface area contributed by atoms with Gasteiger partial charge in [-0.3, -0.25) is 0 Å². The van der Waals surface area contributed by atoms with Gasteiger partial charge < -0.3 is 10.5 Å². The van der Waals surface area contributed by atoms with Gasteiger partial charge in [-0.25, -0.2) is 4.79 Å². The molecule has 4 heteroatoms. The molecular weight excluding hydrogens is 228 g/mol. The van der Waals surface area contributed by atoms with Crippen LogP contribution in [0.25, 0.3) is 0 Å². The molecule has 98 valence electrons. The second kappa shape index (κ2) is 5.67. The number of ether oxygens (including phenoxy) is 1. The van der Waals surface area contributed by atoms with Gasteiger partial charge in [-0.05, 0) is 33.3 Å². The highest BCUT2D eigenvalue weighted by Crippen LogP contribution is 2.08. The van der Waals surface area contributed by atoms with E-state index in [-0.39, 0.29) is 5.84 Å². The summed E-state index contributed by atoms with van der Waals surface area (Å²) >= 11 is 0. The summed E-state index contributed by atoms with van der Waals surface area (Å²) in [5, 5.41) is 0. The molecule has 0 aromatic heterocycles. The zero-order valence-electron chi connectivity index (χ0n) is 11.4. The largest absolute Gasteiger partial charge is 0.442 e. The smallest absolute Gasteiger partial charge is 0.435 e. The minimum Gasteiger partial charge on any atom is -0.442 e. The van der Waals surface area contributed by atoms with E-state index < -0.39 is 11.7 Å². The highest BCUT2D eigenvalue weighted by atomic mass is 16.6. The van der Waals surface area contributed by atoms with Gasteiger partial charge in [0.05, 0.1) is 0 Å². The summed E-state index contributed by atoms with van der Waals surface area (Å²) in [5.74, 6) is 0.258. The predicted molar refractivity (Wildman–Crippen MR) is 72.7 cm³/mol. The molecule has 0 spiro atoms. The lowest BCUT2D eigenvalue weighted by Gasteiger charge is -2.17. The first-order chi connectivity index (χ1) is 8.26. The van der Waals surface area contributed by atoms with Crippen LogP contribution in [-0.4, -0.2) is 17.5 Å². The Labute approximate surface area is 108 Å². The topological polar surface area (TPSA) is 64.7 Å². The fourth-order valence-corrected chi connectivity index (χ4v) is 1.36. The molecule has 0 aliphatic carbocycles. The van der Waals surface area contributed by atoms with Crippen molar-refractivity contribution in [1.82, 2.24) is 0 Å². The molecular formula is C14H20N2O2. The first-order valence-electron chi connectivity index (χ1n) is 5.88. The molecule has 0 aliphatic rings. The number of benzene rings is 1. The van der Waals surface area contributed by atoms with Crippen LogP contribution < -0.4 is 5.73 Å². The molecule has 0 saturated heterocycles. The van der Waals surface area contributed by atoms with Crippen molar-refractivity contribution in [3.8, 4) is 0 Å². The van der Waals surface area contributed by atoms with E-state index in [9.17, 15) is 4.79 Å². The van der Waals surface area contributed by atoms with E-state index in [4.69, 9.17) is 10.5 Å². The van der Waals surface area contributed by atoms with Crippen LogP contribution in [0.2, 0.25) is 0 Å². The van der Waals surface area contributed by atoms with Crippen molar-refractivity contribution >= 4 is 11.9 Å². The lowest BCUT2D eigenvalue weighted by molar-refractivity contribution is 0.0604. The number of hydrogen-bond donors (Lipinski definition) is 1. The van der Waals surface area contributed by atoms with Crippen LogP contribution in [-0.2, 0) is 11.2 Å². The molecule has 4 nitrogen and oxygen atoms in total. The molecule has 0 radical (unpaired) electrons. The van der Waals surface area contributed by atoms with Crippen molar-refractivity contribution in [2.75, 3.05) is 0 Å². The lowest BCUT2D eigenvalue weighted by atomic mass is 10.1. The number of carbonyl (C=O) groups is 1. The summed E-state index contributed by atoms with van der Waals surface area (Å²) in [6, 6.07) is 7.92. The van der Waals surface area contributed by atoms with E-state index in [1.54, 1.807) is 20.8 Å². The third kappa shape index (κ3) is 5.48. The number of nitrogens with zero attached hydrogens (tertiary/aromatic N) is 1. The van der Waals surface area contributed by atoms with Crippen LogP contribution in [0, 0.1) is 6.92 Å². The van der Waals surface area contributed by atoms with Crippen LogP contribution in [0.5, 0.6) is 0 Å². The number of carbonyl (C=O) groups excluding carboxylic acids is 1. The molecule has 1 amide bonds. The fraction of sp³-hybridized carbons (Fsp3) is 0.429. The molecule has 0 aliphatic heterocycles. The van der Waals surface area contributed by atoms with Crippen LogP contribution in [0.15, 0.2) is 29.3 Å². The molecule has 0 atom stereocenters. The third-order valence-corrected chi connectivity index (χ3v) is 2.13. The van der Waals surface area contributed by atoms with Crippen molar-refractivity contribution in [3.63, 3.8) is 0 Å². The molecule has 1 aromatic rings. The summed E-state index contributed by atoms with van der Waals surface area (Å²) in [6.07, 6.45) is -0.202. The Kier molecular flexibility index (Phi) is 4.48. The number of nitrogens with two attached hydrogens (primary N) is 1. The maximum Gasteiger partial charge on any atom is 0.435 e. The molecule has 0 saturated carbocycles. The second-order valence-corrected chi connectivity index (χ2v) is 5.25. The van der Waals surface area contributed by atoms with E-state index in [1.807, 2.05) is 31.2 Å². The van der Waals surface area contributed by atoms with Crippen LogP contribution in [0.3, 0.4) is 0 Å². The van der Waals surface area contributed by atoms with Crippen molar-refractivity contribution in [3.05, 3.63) is 35.4 Å². The molecule has 0 unspecified atom stereocenters. The van der Waals surface area contributed by atoms with Crippen molar-refractivity contribution in [2.24, 2.45) is 10.7 Å². The van der Waals surface area contributed by atoms with Gasteiger partial charge in [0, 0.05) is 6.42 Å². The Bertz CT molecular complexity index is 442. The van der Waals surface area contributed by atoms with Crippen molar-refractivity contribution in [1.29, 1.82) is 0 Å². The minimum atomic E-state index is -0.646. The van der Waals surface area contributed by atoms with Gasteiger partial charge >= 0.3 is 6.09 Å². The average Bonchev–Trinajstić information content (AvgIpc) is 2.18. The summed E-state index contributed by atoms with van der Waals surface area (Å²) < 4.78 is 5.06. The molecule has 0 fully saturated rings. The molecule has 0 heterocycles. The third-order valence-electron chi connectivity index (χ3n) is 2.13. The van der Waals surface area contributed by atoms with Gasteiger partial charge in [-0.2, -0.15) is 4.99 Å². The Hall–Kier alpha value is -1.84. The lowest BCUT2D eigenvalue weighted by Crippen LogP contribution is -2.24. The van der Waals surface area contributed by atoms with Crippen molar-refractivity contribution < 1.29 is 9.53 Å². The normalized spacial score (nSPS) is 12.3. The number of rotatable bonds is 2. The standard InChI is InChI=1S/C14H20N2O2/c1-10-5-7-11(8-6-10)9-12(15)16-13(17)18-14(2,3)4/h5-8H,9H2,1-4H3,(H2,15,16,17). The number of amides is 1. The van der Waals surface area contributed by atoms with Crippen molar-refractivity contribution in [2.45, 2.75) is 39.7 Å². The van der Waals surface area contributed by atoms with Gasteiger partial charge in [0.2, 0.25) is 0 Å². The van der Waals surface area contributed by atoms with Gasteiger partial charge in [-0.15, -0.1) is 0 Å². The molecule has 2 N–H and O–H groups in total. The quantitative estimate of drug-likeness (QED) is 0.646. The maximum absolute atomic E-state index is 11.4. The number of aliphatic imine (C=N–C) groups is 1. The van der Waals surface area contributed by atoms with Crippen LogP contribution in [0.4, 0.5) is 4.79 Å². The predicted octanol–water partition coefficient (Wildman–Crippen LogP) is 2.83. The van der Waals surface area contributed by atoms with E-state index in [1.165, 1.54) is 5.56 Å². The summed E-state index contributed by atoms with van der Waals surface area (Å²) in [6.45, 7) is 7.38. The molecule has 1 aromatic carbocycles. The molecule has 0 bridgehead atoms. The zero-order chi connectivity index (χ0) is 13.8. The molecule has 18 heavy (non-hydrogen) atoms. The van der Waals surface area contributed by atoms with Crippen LogP contribution >= 0.6 is 0 Å². The first-order valence-corrected chi connectivity index (χ1v) is 5.88. The highest BCUT2D eigenvalue weighted by molar-refractivity contribution is 5.92. The zero-order valence-corrected chi connectivity index (χ0v) is 11.4. The summed E-state index contributed by atoms with van der Waals surface area (Å²) in [4.78, 5) is 15.1. The Morgan fingerprint density at radius 1 is 1.28 bits per heavy atom. The Morgan fingerprint density at radius 2 is 1.83 bits per heavy atom. The second-order valence-electron chi connectivity index (χ2n) is 5.25. The summed E-state index contributed by atoms with van der Waals surface area (Å²) in [7, 11) is 0. The Balaban J connectivity index is 2.62. The SMILES string of the molecule is Cc1ccc(C/C(N)=N/C(=O)OC(C)(C)C)cc1. The van der Waals surface area contributed by atoms with Gasteiger partial charge in [-0.1, -0.05) is 29.8 Å². The monoisotopic (exact) mass is 248 g/mol. The molecule has 1 rings (SSSR count). The average molecular weight is 248 g/mol. The number of hydrogen-bond acceptors (Lipinski definition) is 2. The Morgan fingerprint density at radius 3 is 2.33 bits per heavy atom. The number of amidine groups is 1. The van der Waals surface area contributed by atoms with Crippen LogP contribution in [0.1, 0.15) is 31.9 Å². The van der Waals surface area contributed by atoms with E-state index in [0.29, 0.717) is 6.42 Å². The fourth-order valence-electron chi connectivity index (χ4n) is 1.36. The highest BCUT2D eigenvalue weighted by Gasteiger charge is 2.15. The minimum absolute atomic E-state index is 0.258. The number of aryl methyl sites for hydroxylation is 1. The van der Waals surface area contributed by atoms with Gasteiger partial charge in [0.1, 0.15) is 11.4 Å². The van der Waals surface area contributed by atoms with Gasteiger partial charge in [0.25, 0.3) is 0 Å². The van der Waals surface area contributed by atoms with E-state index in [0.717, 1.165) is 5.56 Å². The van der Waals surface area contributed by atoms with Gasteiger partial charge in [0.15, 0.2) is 0 Å². The summed E-state index contributed by atoms with van der Waals surface area (Å²) in [5.41, 5.74) is 7.36. The first kappa shape index (κ1) is 14.2. The van der Waals surface area contributed by atoms with E-state index >= 15 is 0 Å². The van der Waals surface area contributed by atoms with E-state index in [2.05, 4.69) is 4.99 Å².